The minimum atomic E-state index is 0.302. The number of methoxy groups -OCH3 is 1. The van der Waals surface area contributed by atoms with Gasteiger partial charge in [-0.2, -0.15) is 0 Å². The lowest BCUT2D eigenvalue weighted by molar-refractivity contribution is 0.206. The molecule has 1 N–H and O–H groups in total. The lowest BCUT2D eigenvalue weighted by Crippen LogP contribution is -2.26. The van der Waals surface area contributed by atoms with Crippen LogP contribution < -0.4 is 4.90 Å². The normalized spacial score (nSPS) is 11.0. The fraction of sp³-hybridized carbons (Fsp3) is 0.778. The third kappa shape index (κ3) is 2.79. The monoisotopic (exact) mass is 230 g/mol. The fourth-order valence-electron chi connectivity index (χ4n) is 1.36. The van der Waals surface area contributed by atoms with Gasteiger partial charge >= 0.3 is 0 Å². The van der Waals surface area contributed by atoms with Crippen LogP contribution in [-0.4, -0.2) is 42.1 Å². The summed E-state index contributed by atoms with van der Waals surface area (Å²) >= 11 is 5.17. The molecular weight excluding hydrogens is 212 g/mol. The van der Waals surface area contributed by atoms with Gasteiger partial charge in [-0.3, -0.25) is 4.57 Å². The van der Waals surface area contributed by atoms with E-state index < -0.39 is 0 Å². The van der Waals surface area contributed by atoms with Gasteiger partial charge in [0.2, 0.25) is 5.95 Å². The molecule has 0 amide bonds. The number of anilines is 1. The molecule has 86 valence electrons. The van der Waals surface area contributed by atoms with E-state index in [1.54, 1.807) is 7.11 Å². The quantitative estimate of drug-likeness (QED) is 0.781. The van der Waals surface area contributed by atoms with Gasteiger partial charge in [-0.25, -0.2) is 5.10 Å². The van der Waals surface area contributed by atoms with Gasteiger partial charge in [-0.05, 0) is 26.1 Å². The van der Waals surface area contributed by atoms with E-state index in [0.717, 1.165) is 12.5 Å². The molecule has 0 aliphatic heterocycles. The number of likely N-dealkylation sites (N-methyl/N-ethyl adjacent to an activating group) is 1. The van der Waals surface area contributed by atoms with E-state index in [2.05, 4.69) is 24.0 Å². The van der Waals surface area contributed by atoms with Gasteiger partial charge in [-0.15, -0.1) is 5.10 Å². The number of aromatic nitrogens is 3. The highest BCUT2D eigenvalue weighted by Gasteiger charge is 2.12. The highest BCUT2D eigenvalue weighted by atomic mass is 32.1. The second kappa shape index (κ2) is 5.27. The van der Waals surface area contributed by atoms with Crippen molar-refractivity contribution in [2.24, 2.45) is 0 Å². The zero-order valence-electron chi connectivity index (χ0n) is 9.65. The van der Waals surface area contributed by atoms with Gasteiger partial charge in [-0.1, -0.05) is 0 Å². The smallest absolute Gasteiger partial charge is 0.225 e. The van der Waals surface area contributed by atoms with E-state index in [-0.39, 0.29) is 0 Å². The highest BCUT2D eigenvalue weighted by molar-refractivity contribution is 7.71. The number of rotatable bonds is 5. The number of ether oxygens (including phenoxy) is 1. The van der Waals surface area contributed by atoms with Crippen LogP contribution in [-0.2, 0) is 4.74 Å². The first-order chi connectivity index (χ1) is 7.07. The van der Waals surface area contributed by atoms with Crippen LogP contribution in [0, 0.1) is 4.77 Å². The summed E-state index contributed by atoms with van der Waals surface area (Å²) in [5.74, 6) is 0.854. The lowest BCUT2D eigenvalue weighted by atomic mass is 10.4. The maximum Gasteiger partial charge on any atom is 0.225 e. The Morgan fingerprint density at radius 1 is 1.60 bits per heavy atom. The summed E-state index contributed by atoms with van der Waals surface area (Å²) in [4.78, 5) is 2.02. The fourth-order valence-corrected chi connectivity index (χ4v) is 1.70. The van der Waals surface area contributed by atoms with Crippen molar-refractivity contribution >= 4 is 18.2 Å². The zero-order chi connectivity index (χ0) is 11.4. The SMILES string of the molecule is COCCN(C)c1n[nH]c(=S)n1C(C)C. The molecule has 0 fully saturated rings. The van der Waals surface area contributed by atoms with Gasteiger partial charge in [0, 0.05) is 26.7 Å². The molecule has 0 atom stereocenters. The molecule has 1 rings (SSSR count). The zero-order valence-corrected chi connectivity index (χ0v) is 10.5. The first-order valence-corrected chi connectivity index (χ1v) is 5.35. The molecule has 0 aromatic carbocycles. The Hall–Kier alpha value is -0.880. The summed E-state index contributed by atoms with van der Waals surface area (Å²) in [5.41, 5.74) is 0. The molecule has 0 bridgehead atoms. The Morgan fingerprint density at radius 3 is 2.80 bits per heavy atom. The van der Waals surface area contributed by atoms with Gasteiger partial charge in [0.05, 0.1) is 6.61 Å². The van der Waals surface area contributed by atoms with E-state index in [1.165, 1.54) is 0 Å². The van der Waals surface area contributed by atoms with Crippen molar-refractivity contribution in [3.05, 3.63) is 4.77 Å². The minimum Gasteiger partial charge on any atom is -0.383 e. The van der Waals surface area contributed by atoms with Gasteiger partial charge in [0.15, 0.2) is 4.77 Å². The molecule has 1 aromatic rings. The van der Waals surface area contributed by atoms with Crippen LogP contribution in [0.4, 0.5) is 5.95 Å². The summed E-state index contributed by atoms with van der Waals surface area (Å²) < 4.78 is 7.67. The maximum atomic E-state index is 5.17. The molecule has 0 aliphatic carbocycles. The van der Waals surface area contributed by atoms with Crippen LogP contribution in [0.1, 0.15) is 19.9 Å². The van der Waals surface area contributed by atoms with E-state index >= 15 is 0 Å². The first-order valence-electron chi connectivity index (χ1n) is 4.95. The van der Waals surface area contributed by atoms with Gasteiger partial charge < -0.3 is 9.64 Å². The summed E-state index contributed by atoms with van der Waals surface area (Å²) in [7, 11) is 3.66. The molecule has 1 aromatic heterocycles. The van der Waals surface area contributed by atoms with Crippen molar-refractivity contribution < 1.29 is 4.74 Å². The number of hydrogen-bond acceptors (Lipinski definition) is 4. The second-order valence-corrected chi connectivity index (χ2v) is 4.09. The average molecular weight is 230 g/mol. The Morgan fingerprint density at radius 2 is 2.27 bits per heavy atom. The number of nitrogens with one attached hydrogen (secondary N) is 1. The van der Waals surface area contributed by atoms with Crippen molar-refractivity contribution in [1.82, 2.24) is 14.8 Å². The number of H-pyrrole nitrogens is 1. The van der Waals surface area contributed by atoms with Crippen LogP contribution in [0.5, 0.6) is 0 Å². The third-order valence-electron chi connectivity index (χ3n) is 2.17. The predicted octanol–water partition coefficient (Wildman–Crippen LogP) is 1.60. The molecule has 0 saturated heterocycles. The predicted molar refractivity (Wildman–Crippen MR) is 62.9 cm³/mol. The van der Waals surface area contributed by atoms with Crippen LogP contribution >= 0.6 is 12.2 Å². The average Bonchev–Trinajstić information content (AvgIpc) is 2.56. The molecule has 0 spiro atoms. The molecule has 1 heterocycles. The Kier molecular flexibility index (Phi) is 4.28. The molecule has 0 unspecified atom stereocenters. The van der Waals surface area contributed by atoms with Gasteiger partial charge in [0.25, 0.3) is 0 Å². The summed E-state index contributed by atoms with van der Waals surface area (Å²) in [6.07, 6.45) is 0. The summed E-state index contributed by atoms with van der Waals surface area (Å²) in [6.45, 7) is 5.63. The Balaban J connectivity index is 2.88. The Bertz CT molecular complexity index is 357. The van der Waals surface area contributed by atoms with Crippen molar-refractivity contribution in [3.63, 3.8) is 0 Å². The lowest BCUT2D eigenvalue weighted by Gasteiger charge is -2.19. The topological polar surface area (TPSA) is 46.1 Å². The first kappa shape index (κ1) is 12.2. The standard InChI is InChI=1S/C9H18N4OS/c1-7(2)13-8(10-11-9(13)15)12(3)5-6-14-4/h7H,5-6H2,1-4H3,(H,11,15). The maximum absolute atomic E-state index is 5.17. The molecule has 0 aliphatic rings. The molecule has 0 radical (unpaired) electrons. The second-order valence-electron chi connectivity index (χ2n) is 3.71. The van der Waals surface area contributed by atoms with Crippen LogP contribution in [0.3, 0.4) is 0 Å². The van der Waals surface area contributed by atoms with Crippen LogP contribution in [0.25, 0.3) is 0 Å². The van der Waals surface area contributed by atoms with Gasteiger partial charge in [0.1, 0.15) is 0 Å². The van der Waals surface area contributed by atoms with E-state index in [9.17, 15) is 0 Å². The van der Waals surface area contributed by atoms with E-state index in [4.69, 9.17) is 17.0 Å². The van der Waals surface area contributed by atoms with Crippen LogP contribution in [0.2, 0.25) is 0 Å². The van der Waals surface area contributed by atoms with Crippen molar-refractivity contribution in [2.45, 2.75) is 19.9 Å². The number of aromatic amines is 1. The number of nitrogens with zero attached hydrogens (tertiary/aromatic N) is 3. The Labute approximate surface area is 95.0 Å². The van der Waals surface area contributed by atoms with Crippen LogP contribution in [0.15, 0.2) is 0 Å². The van der Waals surface area contributed by atoms with Crippen molar-refractivity contribution in [2.75, 3.05) is 32.2 Å². The van der Waals surface area contributed by atoms with Crippen molar-refractivity contribution in [3.8, 4) is 0 Å². The number of hydrogen-bond donors (Lipinski definition) is 1. The molecule has 15 heavy (non-hydrogen) atoms. The van der Waals surface area contributed by atoms with E-state index in [0.29, 0.717) is 17.4 Å². The summed E-state index contributed by atoms with van der Waals surface area (Å²) in [5, 5.41) is 7.02. The minimum absolute atomic E-state index is 0.302. The molecule has 6 heteroatoms. The van der Waals surface area contributed by atoms with Crippen molar-refractivity contribution in [1.29, 1.82) is 0 Å². The molecule has 5 nitrogen and oxygen atoms in total. The van der Waals surface area contributed by atoms with E-state index in [1.807, 2.05) is 16.5 Å². The molecular formula is C9H18N4OS. The highest BCUT2D eigenvalue weighted by Crippen LogP contribution is 2.15. The largest absolute Gasteiger partial charge is 0.383 e. The third-order valence-corrected chi connectivity index (χ3v) is 2.46. The molecule has 0 saturated carbocycles. The summed E-state index contributed by atoms with van der Waals surface area (Å²) in [6, 6.07) is 0.302.